The first-order valence-electron chi connectivity index (χ1n) is 6.42. The van der Waals surface area contributed by atoms with Gasteiger partial charge in [0.2, 0.25) is 0 Å². The summed E-state index contributed by atoms with van der Waals surface area (Å²) in [5.74, 6) is 0. The van der Waals surface area contributed by atoms with E-state index in [1.54, 1.807) is 14.2 Å². The van der Waals surface area contributed by atoms with E-state index in [0.29, 0.717) is 13.2 Å². The number of hydrogen-bond donors (Lipinski definition) is 0. The van der Waals surface area contributed by atoms with Gasteiger partial charge in [0, 0.05) is 14.2 Å². The lowest BCUT2D eigenvalue weighted by molar-refractivity contribution is -0.0382. The van der Waals surface area contributed by atoms with E-state index in [-0.39, 0.29) is 12.2 Å². The minimum atomic E-state index is -1.62. The van der Waals surface area contributed by atoms with Gasteiger partial charge in [-0.05, 0) is 39.3 Å². The summed E-state index contributed by atoms with van der Waals surface area (Å²) >= 11 is 0. The fourth-order valence-corrected chi connectivity index (χ4v) is 3.93. The Morgan fingerprint density at radius 2 is 0.944 bits per heavy atom. The maximum atomic E-state index is 6.17. The third kappa shape index (κ3) is 9.24. The monoisotopic (exact) mass is 294 g/mol. The number of ether oxygens (including phenoxy) is 2. The highest BCUT2D eigenvalue weighted by molar-refractivity contribution is 6.70. The summed E-state index contributed by atoms with van der Waals surface area (Å²) in [4.78, 5) is 0. The summed E-state index contributed by atoms with van der Waals surface area (Å²) in [5, 5.41) is 0. The summed E-state index contributed by atoms with van der Waals surface area (Å²) in [6, 6.07) is 0. The zero-order valence-electron chi connectivity index (χ0n) is 13.2. The third-order valence-electron chi connectivity index (χ3n) is 2.09. The van der Waals surface area contributed by atoms with Crippen molar-refractivity contribution in [2.75, 3.05) is 27.4 Å². The fourth-order valence-electron chi connectivity index (χ4n) is 1.67. The first kappa shape index (κ1) is 18.3. The molecule has 0 aromatic heterocycles. The maximum absolute atomic E-state index is 6.17. The molecule has 0 aliphatic heterocycles. The molecular formula is C12H30O4Si2. The van der Waals surface area contributed by atoms with Crippen LogP contribution in [0.1, 0.15) is 0 Å². The van der Waals surface area contributed by atoms with Crippen LogP contribution in [0.4, 0.5) is 0 Å². The molecule has 18 heavy (non-hydrogen) atoms. The Kier molecular flexibility index (Phi) is 7.88. The minimum Gasteiger partial charge on any atom is -0.410 e. The number of hydrogen-bond acceptors (Lipinski definition) is 4. The average molecular weight is 295 g/mol. The summed E-state index contributed by atoms with van der Waals surface area (Å²) in [6.07, 6.45) is -0.0957. The van der Waals surface area contributed by atoms with E-state index in [0.717, 1.165) is 0 Å². The SMILES string of the molecule is COC[C@H](O[Si](C)(C)C)[C@@H](COC)O[Si](C)(C)C. The second-order valence-electron chi connectivity index (χ2n) is 6.45. The summed E-state index contributed by atoms with van der Waals surface area (Å²) in [7, 11) is 0.137. The van der Waals surface area contributed by atoms with Crippen LogP contribution in [0.5, 0.6) is 0 Å². The lowest BCUT2D eigenvalue weighted by atomic mass is 10.2. The van der Waals surface area contributed by atoms with Gasteiger partial charge in [-0.3, -0.25) is 0 Å². The van der Waals surface area contributed by atoms with E-state index in [4.69, 9.17) is 18.3 Å². The fraction of sp³-hybridized carbons (Fsp3) is 1.00. The van der Waals surface area contributed by atoms with Crippen LogP contribution in [0.2, 0.25) is 39.3 Å². The predicted molar refractivity (Wildman–Crippen MR) is 80.2 cm³/mol. The normalized spacial score (nSPS) is 16.7. The first-order chi connectivity index (χ1) is 8.09. The molecule has 0 fully saturated rings. The molecule has 0 aromatic rings. The largest absolute Gasteiger partial charge is 0.410 e. The van der Waals surface area contributed by atoms with Crippen LogP contribution in [0.3, 0.4) is 0 Å². The van der Waals surface area contributed by atoms with Crippen molar-refractivity contribution in [1.82, 2.24) is 0 Å². The molecule has 2 atom stereocenters. The molecule has 6 heteroatoms. The summed E-state index contributed by atoms with van der Waals surface area (Å²) in [6.45, 7) is 14.1. The van der Waals surface area contributed by atoms with Crippen molar-refractivity contribution in [3.8, 4) is 0 Å². The Morgan fingerprint density at radius 3 is 1.11 bits per heavy atom. The van der Waals surface area contributed by atoms with Gasteiger partial charge < -0.3 is 18.3 Å². The molecule has 0 saturated heterocycles. The smallest absolute Gasteiger partial charge is 0.184 e. The number of methoxy groups -OCH3 is 2. The lowest BCUT2D eigenvalue weighted by Crippen LogP contribution is -2.48. The van der Waals surface area contributed by atoms with Crippen molar-refractivity contribution in [2.45, 2.75) is 51.5 Å². The van der Waals surface area contributed by atoms with Crippen molar-refractivity contribution in [1.29, 1.82) is 0 Å². The van der Waals surface area contributed by atoms with Crippen LogP contribution >= 0.6 is 0 Å². The molecule has 0 amide bonds. The van der Waals surface area contributed by atoms with Gasteiger partial charge in [-0.25, -0.2) is 0 Å². The second-order valence-corrected chi connectivity index (χ2v) is 15.4. The number of rotatable bonds is 9. The van der Waals surface area contributed by atoms with Crippen LogP contribution in [-0.4, -0.2) is 56.3 Å². The molecule has 0 bridgehead atoms. The predicted octanol–water partition coefficient (Wildman–Crippen LogP) is 2.72. The molecule has 0 N–H and O–H groups in total. The Hall–Kier alpha value is 0.274. The lowest BCUT2D eigenvalue weighted by Gasteiger charge is -2.35. The highest BCUT2D eigenvalue weighted by atomic mass is 28.4. The van der Waals surface area contributed by atoms with Crippen molar-refractivity contribution in [3.63, 3.8) is 0 Å². The van der Waals surface area contributed by atoms with E-state index in [1.165, 1.54) is 0 Å². The van der Waals surface area contributed by atoms with Crippen molar-refractivity contribution < 1.29 is 18.3 Å². The highest BCUT2D eigenvalue weighted by Gasteiger charge is 2.32. The molecule has 0 aliphatic carbocycles. The first-order valence-corrected chi connectivity index (χ1v) is 13.2. The van der Waals surface area contributed by atoms with Gasteiger partial charge in [0.05, 0.1) is 25.4 Å². The summed E-state index contributed by atoms with van der Waals surface area (Å²) < 4.78 is 22.9. The second kappa shape index (κ2) is 7.76. The zero-order chi connectivity index (χ0) is 14.4. The van der Waals surface area contributed by atoms with Crippen LogP contribution < -0.4 is 0 Å². The van der Waals surface area contributed by atoms with Gasteiger partial charge in [0.1, 0.15) is 0 Å². The molecule has 0 heterocycles. The molecule has 0 rings (SSSR count). The van der Waals surface area contributed by atoms with Crippen LogP contribution in [0.25, 0.3) is 0 Å². The maximum Gasteiger partial charge on any atom is 0.184 e. The van der Waals surface area contributed by atoms with E-state index in [9.17, 15) is 0 Å². The van der Waals surface area contributed by atoms with Crippen molar-refractivity contribution in [3.05, 3.63) is 0 Å². The van der Waals surface area contributed by atoms with Crippen LogP contribution in [-0.2, 0) is 18.3 Å². The Morgan fingerprint density at radius 1 is 0.667 bits per heavy atom. The van der Waals surface area contributed by atoms with Crippen molar-refractivity contribution in [2.24, 2.45) is 0 Å². The molecule has 0 spiro atoms. The Bertz CT molecular complexity index is 199. The van der Waals surface area contributed by atoms with E-state index in [2.05, 4.69) is 39.3 Å². The topological polar surface area (TPSA) is 36.9 Å². The van der Waals surface area contributed by atoms with E-state index >= 15 is 0 Å². The van der Waals surface area contributed by atoms with Gasteiger partial charge in [-0.1, -0.05) is 0 Å². The average Bonchev–Trinajstić information content (AvgIpc) is 2.12. The van der Waals surface area contributed by atoms with Crippen LogP contribution in [0, 0.1) is 0 Å². The molecule has 4 nitrogen and oxygen atoms in total. The Balaban J connectivity index is 4.75. The quantitative estimate of drug-likeness (QED) is 0.613. The summed E-state index contributed by atoms with van der Waals surface area (Å²) in [5.41, 5.74) is 0. The minimum absolute atomic E-state index is 0.0478. The molecule has 0 aliphatic rings. The van der Waals surface area contributed by atoms with E-state index < -0.39 is 16.6 Å². The standard InChI is InChI=1S/C12H30O4Si2/c1-13-9-11(15-17(3,4)5)12(10-14-2)16-18(6,7)8/h11-12H,9-10H2,1-8H3/t11-,12+. The van der Waals surface area contributed by atoms with Crippen molar-refractivity contribution >= 4 is 16.6 Å². The van der Waals surface area contributed by atoms with Gasteiger partial charge >= 0.3 is 0 Å². The van der Waals surface area contributed by atoms with Gasteiger partial charge in [0.25, 0.3) is 0 Å². The van der Waals surface area contributed by atoms with Crippen LogP contribution in [0.15, 0.2) is 0 Å². The van der Waals surface area contributed by atoms with Gasteiger partial charge in [0.15, 0.2) is 16.6 Å². The third-order valence-corrected chi connectivity index (χ3v) is 4.11. The zero-order valence-corrected chi connectivity index (χ0v) is 15.2. The molecule has 110 valence electrons. The van der Waals surface area contributed by atoms with E-state index in [1.807, 2.05) is 0 Å². The van der Waals surface area contributed by atoms with Gasteiger partial charge in [-0.2, -0.15) is 0 Å². The highest BCUT2D eigenvalue weighted by Crippen LogP contribution is 2.17. The molecule has 0 unspecified atom stereocenters. The molecular weight excluding hydrogens is 264 g/mol. The molecule has 0 saturated carbocycles. The molecule has 0 radical (unpaired) electrons. The molecule has 0 aromatic carbocycles. The Labute approximate surface area is 114 Å². The van der Waals surface area contributed by atoms with Gasteiger partial charge in [-0.15, -0.1) is 0 Å².